The van der Waals surface area contributed by atoms with Crippen molar-refractivity contribution in [2.75, 3.05) is 5.32 Å². The Labute approximate surface area is 142 Å². The maximum atomic E-state index is 12.4. The molecule has 0 fully saturated rings. The van der Waals surface area contributed by atoms with E-state index in [-0.39, 0.29) is 5.69 Å². The van der Waals surface area contributed by atoms with Crippen LogP contribution in [0, 0.1) is 0 Å². The molecule has 3 aromatic heterocycles. The van der Waals surface area contributed by atoms with E-state index in [1.54, 1.807) is 29.4 Å². The number of rotatable bonds is 4. The van der Waals surface area contributed by atoms with Crippen LogP contribution >= 0.6 is 0 Å². The Hall–Kier alpha value is -3.88. The molecule has 4 rings (SSSR count). The summed E-state index contributed by atoms with van der Waals surface area (Å²) in [4.78, 5) is 25.9. The molecular formula is C16H12N8O. The lowest BCUT2D eigenvalue weighted by Gasteiger charge is -2.04. The van der Waals surface area contributed by atoms with Crippen LogP contribution in [-0.2, 0) is 0 Å². The van der Waals surface area contributed by atoms with Crippen molar-refractivity contribution in [1.29, 1.82) is 0 Å². The summed E-state index contributed by atoms with van der Waals surface area (Å²) in [7, 11) is 0. The van der Waals surface area contributed by atoms with Crippen LogP contribution < -0.4 is 5.32 Å². The molecule has 1 amide bonds. The van der Waals surface area contributed by atoms with Crippen molar-refractivity contribution in [2.24, 2.45) is 0 Å². The van der Waals surface area contributed by atoms with Crippen molar-refractivity contribution in [3.63, 3.8) is 0 Å². The minimum Gasteiger partial charge on any atom is -0.305 e. The highest BCUT2D eigenvalue weighted by molar-refractivity contribution is 6.02. The van der Waals surface area contributed by atoms with E-state index in [4.69, 9.17) is 0 Å². The second kappa shape index (κ2) is 6.32. The van der Waals surface area contributed by atoms with Gasteiger partial charge in [-0.3, -0.25) is 9.36 Å². The Morgan fingerprint density at radius 1 is 1.12 bits per heavy atom. The smallest absolute Gasteiger partial charge is 0.279 e. The van der Waals surface area contributed by atoms with Crippen molar-refractivity contribution in [3.05, 3.63) is 73.3 Å². The maximum absolute atomic E-state index is 12.4. The van der Waals surface area contributed by atoms with E-state index in [0.717, 1.165) is 5.69 Å². The third-order valence-corrected chi connectivity index (χ3v) is 3.37. The summed E-state index contributed by atoms with van der Waals surface area (Å²) < 4.78 is 1.71. The number of carbonyl (C=O) groups excluding carboxylic acids is 1. The molecule has 9 heteroatoms. The Bertz CT molecular complexity index is 994. The number of imidazole rings is 1. The number of amides is 1. The highest BCUT2D eigenvalue weighted by atomic mass is 16.2. The number of aromatic nitrogens is 7. The fourth-order valence-corrected chi connectivity index (χ4v) is 2.18. The van der Waals surface area contributed by atoms with Gasteiger partial charge in [-0.05, 0) is 12.1 Å². The lowest BCUT2D eigenvalue weighted by Crippen LogP contribution is -2.14. The van der Waals surface area contributed by atoms with E-state index in [2.05, 4.69) is 30.5 Å². The minimum atomic E-state index is -0.405. The molecule has 0 aliphatic heterocycles. The van der Waals surface area contributed by atoms with Crippen LogP contribution in [0.4, 0.5) is 5.82 Å². The molecular weight excluding hydrogens is 320 g/mol. The fourth-order valence-electron chi connectivity index (χ4n) is 2.18. The van der Waals surface area contributed by atoms with E-state index in [9.17, 15) is 4.79 Å². The Morgan fingerprint density at radius 3 is 2.80 bits per heavy atom. The summed E-state index contributed by atoms with van der Waals surface area (Å²) in [6, 6.07) is 11.0. The first-order chi connectivity index (χ1) is 12.3. The topological polar surface area (TPSA) is 103 Å². The van der Waals surface area contributed by atoms with E-state index in [1.807, 2.05) is 30.3 Å². The second-order valence-corrected chi connectivity index (χ2v) is 5.04. The predicted octanol–water partition coefficient (Wildman–Crippen LogP) is 1.50. The molecule has 122 valence electrons. The highest BCUT2D eigenvalue weighted by Gasteiger charge is 2.13. The Balaban J connectivity index is 1.53. The zero-order chi connectivity index (χ0) is 17.1. The number of hydrogen-bond donors (Lipinski definition) is 1. The van der Waals surface area contributed by atoms with Crippen LogP contribution in [-0.4, -0.2) is 40.4 Å². The summed E-state index contributed by atoms with van der Waals surface area (Å²) in [5.41, 5.74) is 0.956. The second-order valence-electron chi connectivity index (χ2n) is 5.04. The van der Waals surface area contributed by atoms with Gasteiger partial charge in [-0.25, -0.2) is 15.0 Å². The first-order valence-corrected chi connectivity index (χ1v) is 7.39. The number of anilines is 1. The molecule has 4 aromatic rings. The van der Waals surface area contributed by atoms with Crippen molar-refractivity contribution >= 4 is 11.7 Å². The molecule has 25 heavy (non-hydrogen) atoms. The highest BCUT2D eigenvalue weighted by Crippen LogP contribution is 2.10. The van der Waals surface area contributed by atoms with E-state index < -0.39 is 5.91 Å². The summed E-state index contributed by atoms with van der Waals surface area (Å²) in [5, 5.41) is 11.0. The van der Waals surface area contributed by atoms with Gasteiger partial charge >= 0.3 is 0 Å². The summed E-state index contributed by atoms with van der Waals surface area (Å²) >= 11 is 0. The number of nitrogens with zero attached hydrogens (tertiary/aromatic N) is 7. The van der Waals surface area contributed by atoms with E-state index in [1.165, 1.54) is 17.3 Å². The molecule has 0 radical (unpaired) electrons. The Morgan fingerprint density at radius 2 is 2.00 bits per heavy atom. The van der Waals surface area contributed by atoms with Gasteiger partial charge in [-0.1, -0.05) is 18.2 Å². The van der Waals surface area contributed by atoms with Gasteiger partial charge < -0.3 is 5.32 Å². The molecule has 0 aliphatic rings. The van der Waals surface area contributed by atoms with Gasteiger partial charge in [0.2, 0.25) is 0 Å². The number of nitrogens with one attached hydrogen (secondary N) is 1. The number of hydrogen-bond acceptors (Lipinski definition) is 6. The average Bonchev–Trinajstić information content (AvgIpc) is 3.35. The maximum Gasteiger partial charge on any atom is 0.279 e. The zero-order valence-corrected chi connectivity index (χ0v) is 12.9. The van der Waals surface area contributed by atoms with Gasteiger partial charge in [0.1, 0.15) is 24.3 Å². The lowest BCUT2D eigenvalue weighted by molar-refractivity contribution is 0.102. The lowest BCUT2D eigenvalue weighted by atomic mass is 10.3. The molecule has 0 unspecified atom stereocenters. The molecule has 0 bridgehead atoms. The molecule has 0 aliphatic carbocycles. The van der Waals surface area contributed by atoms with Crippen molar-refractivity contribution in [2.45, 2.75) is 0 Å². The predicted molar refractivity (Wildman–Crippen MR) is 88.5 cm³/mol. The number of benzene rings is 1. The monoisotopic (exact) mass is 332 g/mol. The standard InChI is InChI=1S/C16H12N8O/c25-16(13-9-20-24(22-13)12-4-2-1-3-5-12)21-14-8-15(19-10-18-14)23-7-6-17-11-23/h1-11H,(H,18,19,21,25). The summed E-state index contributed by atoms with van der Waals surface area (Å²) in [6.07, 6.45) is 7.77. The molecule has 0 saturated carbocycles. The van der Waals surface area contributed by atoms with Crippen LogP contribution in [0.15, 0.2) is 67.6 Å². The molecule has 9 nitrogen and oxygen atoms in total. The molecule has 0 saturated heterocycles. The zero-order valence-electron chi connectivity index (χ0n) is 12.9. The third-order valence-electron chi connectivity index (χ3n) is 3.37. The minimum absolute atomic E-state index is 0.187. The quantitative estimate of drug-likeness (QED) is 0.607. The van der Waals surface area contributed by atoms with Crippen molar-refractivity contribution < 1.29 is 4.79 Å². The molecule has 1 aromatic carbocycles. The van der Waals surface area contributed by atoms with Gasteiger partial charge in [0.25, 0.3) is 5.91 Å². The van der Waals surface area contributed by atoms with Gasteiger partial charge in [0, 0.05) is 18.5 Å². The van der Waals surface area contributed by atoms with Gasteiger partial charge in [0.05, 0.1) is 11.9 Å². The largest absolute Gasteiger partial charge is 0.305 e. The normalized spacial score (nSPS) is 10.6. The first-order valence-electron chi connectivity index (χ1n) is 7.39. The van der Waals surface area contributed by atoms with Crippen molar-refractivity contribution in [1.82, 2.24) is 34.5 Å². The van der Waals surface area contributed by atoms with Crippen LogP contribution in [0.1, 0.15) is 10.5 Å². The van der Waals surface area contributed by atoms with Crippen molar-refractivity contribution in [3.8, 4) is 11.5 Å². The summed E-state index contributed by atoms with van der Waals surface area (Å²) in [6.45, 7) is 0. The van der Waals surface area contributed by atoms with Crippen LogP contribution in [0.2, 0.25) is 0 Å². The van der Waals surface area contributed by atoms with Gasteiger partial charge in [-0.15, -0.1) is 5.10 Å². The SMILES string of the molecule is O=C(Nc1cc(-n2ccnc2)ncn1)c1cnn(-c2ccccc2)n1. The van der Waals surface area contributed by atoms with E-state index in [0.29, 0.717) is 11.6 Å². The third kappa shape index (κ3) is 3.11. The van der Waals surface area contributed by atoms with Crippen LogP contribution in [0.25, 0.3) is 11.5 Å². The van der Waals surface area contributed by atoms with Gasteiger partial charge in [0.15, 0.2) is 5.69 Å². The molecule has 0 spiro atoms. The fraction of sp³-hybridized carbons (Fsp3) is 0. The molecule has 0 atom stereocenters. The van der Waals surface area contributed by atoms with Crippen LogP contribution in [0.3, 0.4) is 0 Å². The number of carbonyl (C=O) groups is 1. The summed E-state index contributed by atoms with van der Waals surface area (Å²) in [5.74, 6) is 0.547. The molecule has 1 N–H and O–H groups in total. The van der Waals surface area contributed by atoms with Crippen LogP contribution in [0.5, 0.6) is 0 Å². The van der Waals surface area contributed by atoms with E-state index >= 15 is 0 Å². The Kier molecular flexibility index (Phi) is 3.71. The number of para-hydroxylation sites is 1. The average molecular weight is 332 g/mol. The molecule has 3 heterocycles. The first kappa shape index (κ1) is 14.7. The van der Waals surface area contributed by atoms with Gasteiger partial charge in [-0.2, -0.15) is 9.90 Å².